The summed E-state index contributed by atoms with van der Waals surface area (Å²) in [4.78, 5) is 39.7. The van der Waals surface area contributed by atoms with Gasteiger partial charge in [-0.15, -0.1) is 0 Å². The maximum atomic E-state index is 13.3. The van der Waals surface area contributed by atoms with Gasteiger partial charge in [0.1, 0.15) is 6.61 Å². The van der Waals surface area contributed by atoms with Gasteiger partial charge in [0, 0.05) is 57.1 Å². The maximum absolute atomic E-state index is 13.3. The van der Waals surface area contributed by atoms with Crippen LogP contribution in [0.15, 0.2) is 73.3 Å². The van der Waals surface area contributed by atoms with Crippen molar-refractivity contribution in [3.8, 4) is 6.07 Å². The van der Waals surface area contributed by atoms with Crippen LogP contribution in [0.3, 0.4) is 0 Å². The Balaban J connectivity index is 1.38. The number of aromatic nitrogens is 3. The van der Waals surface area contributed by atoms with E-state index in [0.29, 0.717) is 42.3 Å². The smallest absolute Gasteiger partial charge is 0.253 e. The molecular formula is C34H32ClN7O3. The number of aryl methyl sites for hydroxylation is 1. The lowest BCUT2D eigenvalue weighted by atomic mass is 9.89. The Morgan fingerprint density at radius 2 is 1.91 bits per heavy atom. The van der Waals surface area contributed by atoms with Crippen LogP contribution in [0.2, 0.25) is 5.02 Å². The van der Waals surface area contributed by atoms with Crippen LogP contribution in [0.5, 0.6) is 0 Å². The summed E-state index contributed by atoms with van der Waals surface area (Å²) in [5, 5.41) is 12.8. The van der Waals surface area contributed by atoms with Crippen molar-refractivity contribution in [3.05, 3.63) is 118 Å². The van der Waals surface area contributed by atoms with Gasteiger partial charge in [-0.05, 0) is 70.8 Å². The standard InChI is InChI=1S/C34H32ClN7O3/c1-40-21-37-19-29(40)32(39-30(43)20-45-2)28-16-24-4-3-11-38-31(24)33(26-10-9-25(35)17-27(26)28)41-12-14-42(15-13-41)34(44)23-7-5-22(18-36)6-8-23/h3-11,16-17,19,21,32-33H,12-15,20H2,1-2H3,(H,39,43). The number of methoxy groups -OCH3 is 1. The van der Waals surface area contributed by atoms with Gasteiger partial charge >= 0.3 is 0 Å². The second kappa shape index (κ2) is 13.0. The molecule has 4 aromatic rings. The van der Waals surface area contributed by atoms with E-state index in [2.05, 4.69) is 27.3 Å². The first-order valence-electron chi connectivity index (χ1n) is 14.6. The lowest BCUT2D eigenvalue weighted by Gasteiger charge is -2.40. The molecule has 1 fully saturated rings. The quantitative estimate of drug-likeness (QED) is 0.328. The topological polar surface area (TPSA) is 116 Å². The number of carbonyl (C=O) groups excluding carboxylic acids is 2. The van der Waals surface area contributed by atoms with E-state index in [9.17, 15) is 9.59 Å². The van der Waals surface area contributed by atoms with Crippen molar-refractivity contribution in [1.82, 2.24) is 29.7 Å². The lowest BCUT2D eigenvalue weighted by Crippen LogP contribution is -2.50. The Morgan fingerprint density at radius 3 is 2.60 bits per heavy atom. The van der Waals surface area contributed by atoms with Crippen LogP contribution in [0.4, 0.5) is 0 Å². The molecule has 0 spiro atoms. The van der Waals surface area contributed by atoms with Gasteiger partial charge in [0.25, 0.3) is 5.91 Å². The SMILES string of the molecule is COCC(=O)NC(C1=Cc2cccnc2C(N2CCN(C(=O)c3ccc(C#N)cc3)CC2)c2ccc(Cl)cc21)c1cncn1C. The highest BCUT2D eigenvalue weighted by molar-refractivity contribution is 6.30. The van der Waals surface area contributed by atoms with Gasteiger partial charge in [-0.1, -0.05) is 23.7 Å². The van der Waals surface area contributed by atoms with Crippen LogP contribution in [0.25, 0.3) is 11.6 Å². The predicted molar refractivity (Wildman–Crippen MR) is 170 cm³/mol. The molecule has 0 saturated carbocycles. The highest BCUT2D eigenvalue weighted by Crippen LogP contribution is 2.44. The molecule has 1 N–H and O–H groups in total. The van der Waals surface area contributed by atoms with Crippen molar-refractivity contribution in [2.75, 3.05) is 39.9 Å². The van der Waals surface area contributed by atoms with Crippen LogP contribution in [0, 0.1) is 11.3 Å². The minimum Gasteiger partial charge on any atom is -0.375 e. The largest absolute Gasteiger partial charge is 0.375 e. The molecule has 2 aromatic carbocycles. The van der Waals surface area contributed by atoms with Gasteiger partial charge in [-0.3, -0.25) is 19.5 Å². The molecule has 2 atom stereocenters. The predicted octanol–water partition coefficient (Wildman–Crippen LogP) is 4.25. The molecule has 45 heavy (non-hydrogen) atoms. The van der Waals surface area contributed by atoms with Crippen LogP contribution >= 0.6 is 11.6 Å². The number of fused-ring (bicyclic) bond motifs is 2. The number of hydrogen-bond acceptors (Lipinski definition) is 7. The second-order valence-corrected chi connectivity index (χ2v) is 11.5. The summed E-state index contributed by atoms with van der Waals surface area (Å²) in [5.74, 6) is -0.316. The zero-order chi connectivity index (χ0) is 31.5. The molecule has 2 unspecified atom stereocenters. The summed E-state index contributed by atoms with van der Waals surface area (Å²) in [5.41, 5.74) is 6.45. The molecule has 6 rings (SSSR count). The van der Waals surface area contributed by atoms with Crippen LogP contribution in [-0.2, 0) is 16.6 Å². The number of carbonyl (C=O) groups is 2. The summed E-state index contributed by atoms with van der Waals surface area (Å²) in [6, 6.07) is 17.9. The van der Waals surface area contributed by atoms with Gasteiger partial charge in [0.05, 0.1) is 47.6 Å². The number of pyridine rings is 1. The Labute approximate surface area is 266 Å². The molecule has 0 radical (unpaired) electrons. The van der Waals surface area contributed by atoms with Crippen molar-refractivity contribution in [1.29, 1.82) is 5.26 Å². The zero-order valence-corrected chi connectivity index (χ0v) is 25.7. The number of halogens is 1. The molecule has 2 aliphatic rings. The molecule has 11 heteroatoms. The van der Waals surface area contributed by atoms with Gasteiger partial charge in [-0.25, -0.2) is 4.98 Å². The monoisotopic (exact) mass is 621 g/mol. The third-order valence-corrected chi connectivity index (χ3v) is 8.57. The number of nitrogens with one attached hydrogen (secondary N) is 1. The normalized spacial score (nSPS) is 16.9. The van der Waals surface area contributed by atoms with E-state index in [1.807, 2.05) is 46.8 Å². The maximum Gasteiger partial charge on any atom is 0.253 e. The fraction of sp³-hybridized carbons (Fsp3) is 0.265. The number of imidazole rings is 1. The minimum atomic E-state index is -0.550. The summed E-state index contributed by atoms with van der Waals surface area (Å²) in [6.07, 6.45) is 7.33. The molecule has 2 aromatic heterocycles. The fourth-order valence-corrected chi connectivity index (χ4v) is 6.31. The Bertz CT molecular complexity index is 1800. The van der Waals surface area contributed by atoms with Crippen LogP contribution in [0.1, 0.15) is 56.1 Å². The molecule has 1 aliphatic heterocycles. The van der Waals surface area contributed by atoms with E-state index >= 15 is 0 Å². The van der Waals surface area contributed by atoms with E-state index in [4.69, 9.17) is 26.6 Å². The number of rotatable bonds is 7. The average Bonchev–Trinajstić information content (AvgIpc) is 3.43. The Morgan fingerprint density at radius 1 is 1.13 bits per heavy atom. The molecular weight excluding hydrogens is 590 g/mol. The second-order valence-electron chi connectivity index (χ2n) is 11.1. The molecule has 0 bridgehead atoms. The first-order valence-corrected chi connectivity index (χ1v) is 15.0. The summed E-state index contributed by atoms with van der Waals surface area (Å²) >= 11 is 6.64. The highest BCUT2D eigenvalue weighted by atomic mass is 35.5. The molecule has 228 valence electrons. The third-order valence-electron chi connectivity index (χ3n) is 8.33. The molecule has 10 nitrogen and oxygen atoms in total. The first-order chi connectivity index (χ1) is 21.9. The third kappa shape index (κ3) is 6.11. The van der Waals surface area contributed by atoms with Gasteiger partial charge in [-0.2, -0.15) is 5.26 Å². The van der Waals surface area contributed by atoms with Gasteiger partial charge in [0.2, 0.25) is 5.91 Å². The van der Waals surface area contributed by atoms with Crippen molar-refractivity contribution in [2.45, 2.75) is 12.1 Å². The lowest BCUT2D eigenvalue weighted by molar-refractivity contribution is -0.125. The van der Waals surface area contributed by atoms with Crippen LogP contribution in [-0.4, -0.2) is 76.0 Å². The van der Waals surface area contributed by atoms with Gasteiger partial charge < -0.3 is 19.5 Å². The van der Waals surface area contributed by atoms with E-state index in [1.54, 1.807) is 43.0 Å². The van der Waals surface area contributed by atoms with E-state index in [1.165, 1.54) is 7.11 Å². The van der Waals surface area contributed by atoms with E-state index < -0.39 is 6.04 Å². The first kappa shape index (κ1) is 30.2. The molecule has 2 amide bonds. The van der Waals surface area contributed by atoms with Crippen molar-refractivity contribution < 1.29 is 14.3 Å². The number of nitriles is 1. The zero-order valence-electron chi connectivity index (χ0n) is 25.0. The summed E-state index contributed by atoms with van der Waals surface area (Å²) < 4.78 is 7.03. The number of hydrogen-bond donors (Lipinski definition) is 1. The highest BCUT2D eigenvalue weighted by Gasteiger charge is 2.36. The molecule has 3 heterocycles. The molecule has 1 aliphatic carbocycles. The summed E-state index contributed by atoms with van der Waals surface area (Å²) in [7, 11) is 3.38. The Hall–Kier alpha value is -4.82. The minimum absolute atomic E-state index is 0.0551. The average molecular weight is 622 g/mol. The summed E-state index contributed by atoms with van der Waals surface area (Å²) in [6.45, 7) is 2.22. The number of benzene rings is 2. The van der Waals surface area contributed by atoms with Crippen molar-refractivity contribution >= 4 is 35.1 Å². The number of amides is 2. The van der Waals surface area contributed by atoms with Gasteiger partial charge in [0.15, 0.2) is 0 Å². The molecule has 1 saturated heterocycles. The number of piperazine rings is 1. The van der Waals surface area contributed by atoms with Crippen molar-refractivity contribution in [2.24, 2.45) is 7.05 Å². The Kier molecular flexibility index (Phi) is 8.76. The van der Waals surface area contributed by atoms with Crippen LogP contribution < -0.4 is 5.32 Å². The van der Waals surface area contributed by atoms with E-state index in [-0.39, 0.29) is 24.5 Å². The van der Waals surface area contributed by atoms with E-state index in [0.717, 1.165) is 33.7 Å². The number of nitrogens with zero attached hydrogens (tertiary/aromatic N) is 6. The van der Waals surface area contributed by atoms with Crippen molar-refractivity contribution in [3.63, 3.8) is 0 Å². The fourth-order valence-electron chi connectivity index (χ4n) is 6.14. The number of ether oxygens (including phenoxy) is 1.